The van der Waals surface area contributed by atoms with Crippen molar-refractivity contribution >= 4 is 5.97 Å². The summed E-state index contributed by atoms with van der Waals surface area (Å²) in [6.45, 7) is 4.07. The topological polar surface area (TPSA) is 66.8 Å². The van der Waals surface area contributed by atoms with E-state index < -0.39 is 11.7 Å². The second-order valence-electron chi connectivity index (χ2n) is 7.90. The number of carbonyl (C=O) groups is 1. The van der Waals surface area contributed by atoms with Crippen molar-refractivity contribution in [3.05, 3.63) is 12.2 Å². The Morgan fingerprint density at radius 3 is 2.83 bits per heavy atom. The van der Waals surface area contributed by atoms with Crippen LogP contribution in [0.1, 0.15) is 78.1 Å². The quantitative estimate of drug-likeness (QED) is 0.421. The molecule has 0 aromatic carbocycles. The number of ether oxygens (including phenoxy) is 1. The first-order chi connectivity index (χ1) is 11.4. The Labute approximate surface area is 146 Å². The fourth-order valence-electron chi connectivity index (χ4n) is 4.18. The molecule has 0 aromatic rings. The van der Waals surface area contributed by atoms with Crippen LogP contribution in [0.25, 0.3) is 0 Å². The smallest absolute Gasteiger partial charge is 0.306 e. The lowest BCUT2D eigenvalue weighted by Gasteiger charge is -2.29. The van der Waals surface area contributed by atoms with Crippen LogP contribution in [0.4, 0.5) is 0 Å². The van der Waals surface area contributed by atoms with Crippen LogP contribution in [0.5, 0.6) is 0 Å². The zero-order chi connectivity index (χ0) is 17.6. The SMILES string of the molecule is CCCCCC(C)(O)CCC1C(O)CC2OC(=O)CCC=CCC21. The van der Waals surface area contributed by atoms with Crippen LogP contribution in [0.15, 0.2) is 12.2 Å². The highest BCUT2D eigenvalue weighted by atomic mass is 16.5. The Balaban J connectivity index is 1.94. The Morgan fingerprint density at radius 2 is 2.08 bits per heavy atom. The van der Waals surface area contributed by atoms with Gasteiger partial charge in [-0.05, 0) is 44.9 Å². The minimum atomic E-state index is -0.669. The molecule has 138 valence electrons. The van der Waals surface area contributed by atoms with E-state index in [1.54, 1.807) is 0 Å². The predicted molar refractivity (Wildman–Crippen MR) is 94.5 cm³/mol. The third-order valence-corrected chi connectivity index (χ3v) is 5.70. The predicted octanol–water partition coefficient (Wildman–Crippen LogP) is 3.75. The summed E-state index contributed by atoms with van der Waals surface area (Å²) < 4.78 is 5.61. The molecule has 2 N–H and O–H groups in total. The van der Waals surface area contributed by atoms with E-state index in [4.69, 9.17) is 4.74 Å². The number of aliphatic hydroxyl groups excluding tert-OH is 1. The highest BCUT2D eigenvalue weighted by Gasteiger charge is 2.44. The third-order valence-electron chi connectivity index (χ3n) is 5.70. The average molecular weight is 338 g/mol. The van der Waals surface area contributed by atoms with Crippen molar-refractivity contribution in [1.82, 2.24) is 0 Å². The van der Waals surface area contributed by atoms with Gasteiger partial charge >= 0.3 is 5.97 Å². The van der Waals surface area contributed by atoms with Gasteiger partial charge in [-0.25, -0.2) is 0 Å². The summed E-state index contributed by atoms with van der Waals surface area (Å²) >= 11 is 0. The lowest BCUT2D eigenvalue weighted by molar-refractivity contribution is -0.151. The molecule has 2 rings (SSSR count). The molecule has 5 atom stereocenters. The fraction of sp³-hybridized carbons (Fsp3) is 0.850. The number of hydrogen-bond acceptors (Lipinski definition) is 4. The minimum absolute atomic E-state index is 0.100. The molecule has 1 fully saturated rings. The van der Waals surface area contributed by atoms with Gasteiger partial charge < -0.3 is 14.9 Å². The van der Waals surface area contributed by atoms with Gasteiger partial charge in [-0.3, -0.25) is 4.79 Å². The molecule has 0 radical (unpaired) electrons. The van der Waals surface area contributed by atoms with Crippen molar-refractivity contribution in [2.24, 2.45) is 11.8 Å². The fourth-order valence-corrected chi connectivity index (χ4v) is 4.18. The van der Waals surface area contributed by atoms with Crippen LogP contribution in [0.2, 0.25) is 0 Å². The monoisotopic (exact) mass is 338 g/mol. The molecular weight excluding hydrogens is 304 g/mol. The van der Waals surface area contributed by atoms with E-state index in [-0.39, 0.29) is 23.9 Å². The second-order valence-corrected chi connectivity index (χ2v) is 7.90. The molecule has 2 aliphatic rings. The summed E-state index contributed by atoms with van der Waals surface area (Å²) in [4.78, 5) is 11.8. The molecule has 24 heavy (non-hydrogen) atoms. The summed E-state index contributed by atoms with van der Waals surface area (Å²) in [5, 5.41) is 21.1. The molecule has 0 aromatic heterocycles. The van der Waals surface area contributed by atoms with Gasteiger partial charge in [-0.2, -0.15) is 0 Å². The molecule has 1 aliphatic heterocycles. The standard InChI is InChI=1S/C20H34O4/c1-3-4-8-12-20(2,23)13-11-15-16-9-6-5-7-10-19(22)24-18(16)14-17(15)21/h5-6,15-18,21,23H,3-4,7-14H2,1-2H3. The van der Waals surface area contributed by atoms with E-state index in [1.165, 1.54) is 0 Å². The highest BCUT2D eigenvalue weighted by Crippen LogP contribution is 2.41. The number of aliphatic hydroxyl groups is 2. The van der Waals surface area contributed by atoms with Crippen LogP contribution < -0.4 is 0 Å². The van der Waals surface area contributed by atoms with Crippen molar-refractivity contribution in [3.8, 4) is 0 Å². The Kier molecular flexibility index (Phi) is 7.30. The summed E-state index contributed by atoms with van der Waals surface area (Å²) in [5.41, 5.74) is -0.669. The zero-order valence-corrected chi connectivity index (χ0v) is 15.2. The minimum Gasteiger partial charge on any atom is -0.462 e. The molecule has 0 amide bonds. The maximum atomic E-state index is 11.8. The normalized spacial score (nSPS) is 33.1. The van der Waals surface area contributed by atoms with E-state index in [0.717, 1.165) is 44.9 Å². The Bertz CT molecular complexity index is 429. The first-order valence-electron chi connectivity index (χ1n) is 9.68. The number of hydrogen-bond donors (Lipinski definition) is 2. The molecule has 1 heterocycles. The molecule has 0 spiro atoms. The third kappa shape index (κ3) is 5.59. The lowest BCUT2D eigenvalue weighted by atomic mass is 9.82. The molecule has 1 aliphatic carbocycles. The molecule has 0 saturated heterocycles. The Morgan fingerprint density at radius 1 is 1.29 bits per heavy atom. The zero-order valence-electron chi connectivity index (χ0n) is 15.2. The van der Waals surface area contributed by atoms with Crippen LogP contribution >= 0.6 is 0 Å². The lowest BCUT2D eigenvalue weighted by Crippen LogP contribution is -2.29. The summed E-state index contributed by atoms with van der Waals surface area (Å²) in [5.74, 6) is 0.115. The van der Waals surface area contributed by atoms with Crippen molar-refractivity contribution < 1.29 is 19.7 Å². The molecule has 4 heteroatoms. The number of unbranched alkanes of at least 4 members (excludes halogenated alkanes) is 2. The van der Waals surface area contributed by atoms with Crippen LogP contribution in [-0.4, -0.2) is 34.0 Å². The maximum absolute atomic E-state index is 11.8. The molecule has 4 nitrogen and oxygen atoms in total. The molecular formula is C20H34O4. The summed E-state index contributed by atoms with van der Waals surface area (Å²) in [7, 11) is 0. The van der Waals surface area contributed by atoms with Gasteiger partial charge in [0.1, 0.15) is 6.10 Å². The largest absolute Gasteiger partial charge is 0.462 e. The van der Waals surface area contributed by atoms with Gasteiger partial charge in [-0.1, -0.05) is 38.3 Å². The first kappa shape index (κ1) is 19.5. The van der Waals surface area contributed by atoms with Crippen LogP contribution in [0.3, 0.4) is 0 Å². The van der Waals surface area contributed by atoms with Crippen molar-refractivity contribution in [2.75, 3.05) is 0 Å². The molecule has 1 saturated carbocycles. The number of rotatable bonds is 7. The first-order valence-corrected chi connectivity index (χ1v) is 9.68. The van der Waals surface area contributed by atoms with Gasteiger partial charge in [0.15, 0.2) is 0 Å². The van der Waals surface area contributed by atoms with Gasteiger partial charge in [0.2, 0.25) is 0 Å². The molecule has 5 unspecified atom stereocenters. The summed E-state index contributed by atoms with van der Waals surface area (Å²) in [6.07, 6.45) is 11.7. The average Bonchev–Trinajstić information content (AvgIpc) is 2.83. The number of allylic oxidation sites excluding steroid dienone is 2. The van der Waals surface area contributed by atoms with E-state index >= 15 is 0 Å². The van der Waals surface area contributed by atoms with Gasteiger partial charge in [-0.15, -0.1) is 0 Å². The molecule has 0 bridgehead atoms. The number of fused-ring (bicyclic) bond motifs is 1. The number of carbonyl (C=O) groups excluding carboxylic acids is 1. The van der Waals surface area contributed by atoms with E-state index in [1.807, 2.05) is 13.0 Å². The van der Waals surface area contributed by atoms with E-state index in [0.29, 0.717) is 19.3 Å². The number of esters is 1. The van der Waals surface area contributed by atoms with E-state index in [2.05, 4.69) is 13.0 Å². The van der Waals surface area contributed by atoms with Gasteiger partial charge in [0.05, 0.1) is 11.7 Å². The summed E-state index contributed by atoms with van der Waals surface area (Å²) in [6, 6.07) is 0. The van der Waals surface area contributed by atoms with Crippen LogP contribution in [0, 0.1) is 11.8 Å². The van der Waals surface area contributed by atoms with Gasteiger partial charge in [0, 0.05) is 18.8 Å². The van der Waals surface area contributed by atoms with E-state index in [9.17, 15) is 15.0 Å². The highest BCUT2D eigenvalue weighted by molar-refractivity contribution is 5.69. The van der Waals surface area contributed by atoms with Crippen LogP contribution in [-0.2, 0) is 9.53 Å². The Hall–Kier alpha value is -0.870. The van der Waals surface area contributed by atoms with Crippen molar-refractivity contribution in [2.45, 2.75) is 95.9 Å². The second kappa shape index (κ2) is 9.00. The maximum Gasteiger partial charge on any atom is 0.306 e. The van der Waals surface area contributed by atoms with Gasteiger partial charge in [0.25, 0.3) is 0 Å². The van der Waals surface area contributed by atoms with Crippen molar-refractivity contribution in [1.29, 1.82) is 0 Å². The van der Waals surface area contributed by atoms with Crippen molar-refractivity contribution in [3.63, 3.8) is 0 Å².